The highest BCUT2D eigenvalue weighted by molar-refractivity contribution is 5.43. The molecule has 1 aromatic rings. The zero-order chi connectivity index (χ0) is 13.2. The van der Waals surface area contributed by atoms with Crippen LogP contribution in [0.3, 0.4) is 0 Å². The molecule has 1 heterocycles. The monoisotopic (exact) mass is 261 g/mol. The number of rotatable bonds is 4. The summed E-state index contributed by atoms with van der Waals surface area (Å²) in [5.74, 6) is 0.596. The molecule has 0 radical (unpaired) electrons. The van der Waals surface area contributed by atoms with E-state index in [2.05, 4.69) is 10.2 Å². The molecule has 1 saturated carbocycles. The van der Waals surface area contributed by atoms with Crippen molar-refractivity contribution in [2.45, 2.75) is 18.9 Å². The van der Waals surface area contributed by atoms with E-state index in [-0.39, 0.29) is 16.7 Å². The van der Waals surface area contributed by atoms with Gasteiger partial charge in [-0.25, -0.2) is 0 Å². The highest BCUT2D eigenvalue weighted by Gasteiger charge is 2.39. The van der Waals surface area contributed by atoms with E-state index in [9.17, 15) is 10.1 Å². The molecule has 0 amide bonds. The van der Waals surface area contributed by atoms with Gasteiger partial charge in [0.1, 0.15) is 0 Å². The first-order chi connectivity index (χ1) is 9.27. The Bertz CT molecular complexity index is 468. The van der Waals surface area contributed by atoms with Gasteiger partial charge in [-0.3, -0.25) is 15.0 Å². The summed E-state index contributed by atoms with van der Waals surface area (Å²) in [4.78, 5) is 13.4. The molecule has 19 heavy (non-hydrogen) atoms. The van der Waals surface area contributed by atoms with Crippen LogP contribution in [-0.2, 0) is 0 Å². The molecule has 5 nitrogen and oxygen atoms in total. The number of nitrogens with one attached hydrogen (secondary N) is 1. The van der Waals surface area contributed by atoms with E-state index in [1.54, 1.807) is 12.1 Å². The summed E-state index contributed by atoms with van der Waals surface area (Å²) in [5.41, 5.74) is 1.18. The third kappa shape index (κ3) is 2.62. The molecule has 1 aliphatic heterocycles. The molecule has 0 unspecified atom stereocenters. The summed E-state index contributed by atoms with van der Waals surface area (Å²) in [6.45, 7) is 3.91. The Hall–Kier alpha value is -1.46. The first-order valence-electron chi connectivity index (χ1n) is 6.95. The number of nitro benzene ring substituents is 1. The minimum atomic E-state index is -0.243. The topological polar surface area (TPSA) is 58.4 Å². The Morgan fingerprint density at radius 3 is 2.58 bits per heavy atom. The fourth-order valence-electron chi connectivity index (χ4n) is 3.02. The van der Waals surface area contributed by atoms with Gasteiger partial charge in [0.05, 0.1) is 4.92 Å². The lowest BCUT2D eigenvalue weighted by atomic mass is 9.98. The largest absolute Gasteiger partial charge is 0.314 e. The average Bonchev–Trinajstić information content (AvgIpc) is 3.25. The van der Waals surface area contributed by atoms with Gasteiger partial charge in [-0.2, -0.15) is 0 Å². The van der Waals surface area contributed by atoms with Crippen LogP contribution in [0, 0.1) is 16.0 Å². The van der Waals surface area contributed by atoms with Crippen LogP contribution in [0.5, 0.6) is 0 Å². The number of hydrogen-bond donors (Lipinski definition) is 1. The van der Waals surface area contributed by atoms with Crippen LogP contribution < -0.4 is 5.32 Å². The lowest BCUT2D eigenvalue weighted by Crippen LogP contribution is -2.45. The molecule has 2 aliphatic rings. The van der Waals surface area contributed by atoms with Crippen molar-refractivity contribution in [1.29, 1.82) is 0 Å². The van der Waals surface area contributed by atoms with Crippen LogP contribution in [0.4, 0.5) is 5.69 Å². The van der Waals surface area contributed by atoms with Crippen molar-refractivity contribution in [2.24, 2.45) is 5.92 Å². The van der Waals surface area contributed by atoms with E-state index in [1.807, 2.05) is 12.1 Å². The second-order valence-corrected chi connectivity index (χ2v) is 5.38. The predicted molar refractivity (Wildman–Crippen MR) is 73.0 cm³/mol. The highest BCUT2D eigenvalue weighted by Crippen LogP contribution is 2.46. The third-order valence-electron chi connectivity index (χ3n) is 4.07. The zero-order valence-electron chi connectivity index (χ0n) is 10.9. The van der Waals surface area contributed by atoms with Crippen LogP contribution in [-0.4, -0.2) is 36.0 Å². The number of nitrogens with zero attached hydrogens (tertiary/aromatic N) is 2. The lowest BCUT2D eigenvalue weighted by molar-refractivity contribution is -0.386. The molecule has 102 valence electrons. The minimum Gasteiger partial charge on any atom is -0.314 e. The van der Waals surface area contributed by atoms with Gasteiger partial charge in [-0.1, -0.05) is 18.2 Å². The molecular weight excluding hydrogens is 242 g/mol. The van der Waals surface area contributed by atoms with E-state index >= 15 is 0 Å². The van der Waals surface area contributed by atoms with Crippen LogP contribution in [0.25, 0.3) is 0 Å². The smallest absolute Gasteiger partial charge is 0.274 e. The molecule has 1 saturated heterocycles. The quantitative estimate of drug-likeness (QED) is 0.665. The van der Waals surface area contributed by atoms with Crippen LogP contribution >= 0.6 is 0 Å². The molecule has 1 aromatic carbocycles. The normalized spacial score (nSPS) is 22.1. The summed E-state index contributed by atoms with van der Waals surface area (Å²) in [6.07, 6.45) is 2.39. The van der Waals surface area contributed by atoms with Gasteiger partial charge in [0.25, 0.3) is 5.69 Å². The molecule has 0 aromatic heterocycles. The van der Waals surface area contributed by atoms with Crippen LogP contribution in [0.1, 0.15) is 24.4 Å². The lowest BCUT2D eigenvalue weighted by Gasteiger charge is -2.35. The molecule has 1 atom stereocenters. The van der Waals surface area contributed by atoms with Gasteiger partial charge in [0, 0.05) is 43.9 Å². The fraction of sp³-hybridized carbons (Fsp3) is 0.571. The van der Waals surface area contributed by atoms with E-state index in [4.69, 9.17) is 0 Å². The maximum atomic E-state index is 11.2. The summed E-state index contributed by atoms with van der Waals surface area (Å²) in [5, 5.41) is 14.6. The molecular formula is C14H19N3O2. The SMILES string of the molecule is O=[N+]([O-])c1ccccc1[C@H](C1CC1)N1CCNCC1. The number of hydrogen-bond acceptors (Lipinski definition) is 4. The van der Waals surface area contributed by atoms with Gasteiger partial charge < -0.3 is 5.32 Å². The third-order valence-corrected chi connectivity index (χ3v) is 4.07. The Morgan fingerprint density at radius 2 is 1.95 bits per heavy atom. The highest BCUT2D eigenvalue weighted by atomic mass is 16.6. The molecule has 1 aliphatic carbocycles. The molecule has 5 heteroatoms. The van der Waals surface area contributed by atoms with Gasteiger partial charge in [-0.15, -0.1) is 0 Å². The van der Waals surface area contributed by atoms with Crippen molar-refractivity contribution in [3.63, 3.8) is 0 Å². The molecule has 0 spiro atoms. The first-order valence-corrected chi connectivity index (χ1v) is 6.95. The van der Waals surface area contributed by atoms with Crippen molar-refractivity contribution in [2.75, 3.05) is 26.2 Å². The van der Waals surface area contributed by atoms with Crippen molar-refractivity contribution in [1.82, 2.24) is 10.2 Å². The second-order valence-electron chi connectivity index (χ2n) is 5.38. The number of benzene rings is 1. The van der Waals surface area contributed by atoms with Gasteiger partial charge >= 0.3 is 0 Å². The van der Waals surface area contributed by atoms with E-state index in [0.717, 1.165) is 31.7 Å². The number of piperazine rings is 1. The van der Waals surface area contributed by atoms with E-state index in [1.165, 1.54) is 12.8 Å². The van der Waals surface area contributed by atoms with Gasteiger partial charge in [0.15, 0.2) is 0 Å². The second kappa shape index (κ2) is 5.27. The maximum absolute atomic E-state index is 11.2. The van der Waals surface area contributed by atoms with Crippen LogP contribution in [0.15, 0.2) is 24.3 Å². The molecule has 0 bridgehead atoms. The summed E-state index contributed by atoms with van der Waals surface area (Å²) in [6, 6.07) is 7.46. The van der Waals surface area contributed by atoms with Crippen molar-refractivity contribution >= 4 is 5.69 Å². The molecule has 2 fully saturated rings. The number of nitro groups is 1. The Morgan fingerprint density at radius 1 is 1.26 bits per heavy atom. The summed E-state index contributed by atoms with van der Waals surface area (Å²) in [7, 11) is 0. The predicted octanol–water partition coefficient (Wildman–Crippen LogP) is 1.95. The van der Waals surface area contributed by atoms with Gasteiger partial charge in [0.2, 0.25) is 0 Å². The summed E-state index contributed by atoms with van der Waals surface area (Å²) < 4.78 is 0. The van der Waals surface area contributed by atoms with Crippen LogP contribution in [0.2, 0.25) is 0 Å². The summed E-state index contributed by atoms with van der Waals surface area (Å²) >= 11 is 0. The van der Waals surface area contributed by atoms with Crippen molar-refractivity contribution < 1.29 is 4.92 Å². The molecule has 3 rings (SSSR count). The van der Waals surface area contributed by atoms with Gasteiger partial charge in [-0.05, 0) is 18.8 Å². The maximum Gasteiger partial charge on any atom is 0.274 e. The Labute approximate surface area is 112 Å². The standard InChI is InChI=1S/C14H19N3O2/c18-17(19)13-4-2-1-3-12(13)14(11-5-6-11)16-9-7-15-8-10-16/h1-4,11,14-15H,5-10H2/t14-/m0/s1. The Balaban J connectivity index is 1.93. The minimum absolute atomic E-state index is 0.226. The number of para-hydroxylation sites is 1. The first kappa shape index (κ1) is 12.6. The van der Waals surface area contributed by atoms with Crippen molar-refractivity contribution in [3.8, 4) is 0 Å². The Kier molecular flexibility index (Phi) is 3.48. The van der Waals surface area contributed by atoms with E-state index in [0.29, 0.717) is 5.92 Å². The van der Waals surface area contributed by atoms with Crippen molar-refractivity contribution in [3.05, 3.63) is 39.9 Å². The zero-order valence-corrected chi connectivity index (χ0v) is 10.9. The average molecular weight is 261 g/mol. The fourth-order valence-corrected chi connectivity index (χ4v) is 3.02. The molecule has 1 N–H and O–H groups in total. The van der Waals surface area contributed by atoms with E-state index < -0.39 is 0 Å².